The molecule has 1 N–H and O–H groups in total. The Labute approximate surface area is 71.6 Å². The van der Waals surface area contributed by atoms with E-state index in [0.29, 0.717) is 21.5 Å². The first kappa shape index (κ1) is 6.82. The van der Waals surface area contributed by atoms with Gasteiger partial charge in [0, 0.05) is 0 Å². The maximum absolute atomic E-state index is 5.64. The van der Waals surface area contributed by atoms with Gasteiger partial charge in [0.1, 0.15) is 10.7 Å². The average Bonchev–Trinajstić information content (AvgIpc) is 2.32. The van der Waals surface area contributed by atoms with Gasteiger partial charge < -0.3 is 0 Å². The second-order valence-corrected chi connectivity index (χ2v) is 2.65. The van der Waals surface area contributed by atoms with Crippen molar-refractivity contribution in [2.45, 2.75) is 0 Å². The second-order valence-electron chi connectivity index (χ2n) is 1.90. The third-order valence-electron chi connectivity index (χ3n) is 1.20. The summed E-state index contributed by atoms with van der Waals surface area (Å²) in [5, 5.41) is 6.91. The summed E-state index contributed by atoms with van der Waals surface area (Å²) in [4.78, 5) is 7.82. The molecule has 4 nitrogen and oxygen atoms in total. The Hall–Kier alpha value is -0.870. The maximum Gasteiger partial charge on any atom is 0.178 e. The van der Waals surface area contributed by atoms with Crippen LogP contribution in [0.2, 0.25) is 10.3 Å². The van der Waals surface area contributed by atoms with Gasteiger partial charge in [0.25, 0.3) is 0 Å². The third-order valence-corrected chi connectivity index (χ3v) is 1.64. The molecule has 6 heteroatoms. The summed E-state index contributed by atoms with van der Waals surface area (Å²) in [6.07, 6.45) is 1.42. The molecule has 56 valence electrons. The molecule has 0 unspecified atom stereocenters. The molecule has 11 heavy (non-hydrogen) atoms. The predicted molar refractivity (Wildman–Crippen MR) is 41.7 cm³/mol. The normalized spacial score (nSPS) is 10.7. The maximum atomic E-state index is 5.64. The Morgan fingerprint density at radius 2 is 2.18 bits per heavy atom. The van der Waals surface area contributed by atoms with Crippen LogP contribution in [0.25, 0.3) is 11.2 Å². The quantitative estimate of drug-likeness (QED) is 0.685. The zero-order chi connectivity index (χ0) is 7.84. The van der Waals surface area contributed by atoms with Crippen LogP contribution in [0.5, 0.6) is 0 Å². The van der Waals surface area contributed by atoms with Gasteiger partial charge in [0.05, 0.1) is 6.20 Å². The van der Waals surface area contributed by atoms with E-state index in [1.54, 1.807) is 0 Å². The van der Waals surface area contributed by atoms with Crippen molar-refractivity contribution in [3.8, 4) is 0 Å². The minimum absolute atomic E-state index is 0.309. The SMILES string of the molecule is Clc1cnc2c(Cl)n[nH]c2n1. The van der Waals surface area contributed by atoms with E-state index in [4.69, 9.17) is 23.2 Å². The fraction of sp³-hybridized carbons (Fsp3) is 0. The number of hydrogen-bond donors (Lipinski definition) is 1. The molecule has 0 aliphatic carbocycles. The highest BCUT2D eigenvalue weighted by molar-refractivity contribution is 6.34. The fourth-order valence-electron chi connectivity index (χ4n) is 0.751. The van der Waals surface area contributed by atoms with Gasteiger partial charge in [-0.3, -0.25) is 5.10 Å². The van der Waals surface area contributed by atoms with E-state index in [2.05, 4.69) is 20.2 Å². The number of H-pyrrole nitrogens is 1. The van der Waals surface area contributed by atoms with Crippen LogP contribution in [0, 0.1) is 0 Å². The summed E-state index contributed by atoms with van der Waals surface area (Å²) < 4.78 is 0. The van der Waals surface area contributed by atoms with Crippen molar-refractivity contribution in [1.29, 1.82) is 0 Å². The number of rotatable bonds is 0. The van der Waals surface area contributed by atoms with Crippen LogP contribution in [-0.2, 0) is 0 Å². The van der Waals surface area contributed by atoms with E-state index in [-0.39, 0.29) is 0 Å². The molecule has 0 atom stereocenters. The lowest BCUT2D eigenvalue weighted by molar-refractivity contribution is 1.10. The lowest BCUT2D eigenvalue weighted by Crippen LogP contribution is -1.80. The van der Waals surface area contributed by atoms with Gasteiger partial charge in [0.2, 0.25) is 0 Å². The zero-order valence-electron chi connectivity index (χ0n) is 5.17. The fourth-order valence-corrected chi connectivity index (χ4v) is 1.07. The highest BCUT2D eigenvalue weighted by atomic mass is 35.5. The van der Waals surface area contributed by atoms with Gasteiger partial charge in [-0.05, 0) is 0 Å². The minimum Gasteiger partial charge on any atom is -0.258 e. The highest BCUT2D eigenvalue weighted by Gasteiger charge is 2.04. The molecule has 0 amide bonds. The first-order valence-corrected chi connectivity index (χ1v) is 3.55. The largest absolute Gasteiger partial charge is 0.258 e. The summed E-state index contributed by atoms with van der Waals surface area (Å²) >= 11 is 11.2. The van der Waals surface area contributed by atoms with Crippen LogP contribution in [0.3, 0.4) is 0 Å². The molecule has 2 heterocycles. The van der Waals surface area contributed by atoms with Crippen LogP contribution >= 0.6 is 23.2 Å². The van der Waals surface area contributed by atoms with E-state index in [1.165, 1.54) is 6.20 Å². The molecule has 2 aromatic rings. The summed E-state index contributed by atoms with van der Waals surface area (Å²) in [5.74, 6) is 0. The van der Waals surface area contributed by atoms with Crippen molar-refractivity contribution >= 4 is 34.4 Å². The number of nitrogens with one attached hydrogen (secondary N) is 1. The van der Waals surface area contributed by atoms with Gasteiger partial charge >= 0.3 is 0 Å². The van der Waals surface area contributed by atoms with Crippen molar-refractivity contribution in [1.82, 2.24) is 20.2 Å². The van der Waals surface area contributed by atoms with Crippen molar-refractivity contribution in [2.75, 3.05) is 0 Å². The number of halogens is 2. The molecule has 2 aromatic heterocycles. The summed E-state index contributed by atoms with van der Waals surface area (Å²) in [6.45, 7) is 0. The molecule has 0 saturated carbocycles. The molecular formula is C5H2Cl2N4. The molecule has 0 aromatic carbocycles. The highest BCUT2D eigenvalue weighted by Crippen LogP contribution is 2.16. The van der Waals surface area contributed by atoms with Gasteiger partial charge in [-0.2, -0.15) is 5.10 Å². The number of aromatic amines is 1. The van der Waals surface area contributed by atoms with Crippen molar-refractivity contribution in [3.05, 3.63) is 16.5 Å². The standard InChI is InChI=1S/C5H2Cl2N4/c6-2-1-8-3-4(7)10-11-5(3)9-2/h1H,(H,9,10,11). The van der Waals surface area contributed by atoms with Crippen molar-refractivity contribution < 1.29 is 0 Å². The molecular weight excluding hydrogens is 187 g/mol. The number of nitrogens with zero attached hydrogens (tertiary/aromatic N) is 3. The smallest absolute Gasteiger partial charge is 0.178 e. The molecule has 0 radical (unpaired) electrons. The van der Waals surface area contributed by atoms with E-state index < -0.39 is 0 Å². The summed E-state index contributed by atoms with van der Waals surface area (Å²) in [6, 6.07) is 0. The monoisotopic (exact) mass is 188 g/mol. The first-order valence-electron chi connectivity index (χ1n) is 2.79. The molecule has 0 bridgehead atoms. The van der Waals surface area contributed by atoms with Crippen LogP contribution < -0.4 is 0 Å². The zero-order valence-corrected chi connectivity index (χ0v) is 6.69. The van der Waals surface area contributed by atoms with Gasteiger partial charge in [0.15, 0.2) is 10.8 Å². The Morgan fingerprint density at radius 1 is 1.36 bits per heavy atom. The Balaban J connectivity index is 2.86. The molecule has 0 fully saturated rings. The number of hydrogen-bond acceptors (Lipinski definition) is 3. The Bertz CT molecular complexity index is 396. The third kappa shape index (κ3) is 1.04. The van der Waals surface area contributed by atoms with Crippen LogP contribution in [0.15, 0.2) is 6.20 Å². The van der Waals surface area contributed by atoms with E-state index in [1.807, 2.05) is 0 Å². The van der Waals surface area contributed by atoms with Gasteiger partial charge in [-0.1, -0.05) is 23.2 Å². The summed E-state index contributed by atoms with van der Waals surface area (Å²) in [7, 11) is 0. The van der Waals surface area contributed by atoms with Crippen molar-refractivity contribution in [3.63, 3.8) is 0 Å². The van der Waals surface area contributed by atoms with Gasteiger partial charge in [-0.15, -0.1) is 0 Å². The van der Waals surface area contributed by atoms with E-state index >= 15 is 0 Å². The lowest BCUT2D eigenvalue weighted by Gasteiger charge is -1.86. The van der Waals surface area contributed by atoms with Gasteiger partial charge in [-0.25, -0.2) is 9.97 Å². The molecule has 0 aliphatic rings. The molecule has 0 aliphatic heterocycles. The van der Waals surface area contributed by atoms with Crippen LogP contribution in [0.1, 0.15) is 0 Å². The average molecular weight is 189 g/mol. The number of aromatic nitrogens is 4. The first-order chi connectivity index (χ1) is 5.27. The minimum atomic E-state index is 0.309. The topological polar surface area (TPSA) is 54.5 Å². The molecule has 0 spiro atoms. The van der Waals surface area contributed by atoms with Crippen molar-refractivity contribution in [2.24, 2.45) is 0 Å². The van der Waals surface area contributed by atoms with Crippen LogP contribution in [-0.4, -0.2) is 20.2 Å². The van der Waals surface area contributed by atoms with E-state index in [9.17, 15) is 0 Å². The second kappa shape index (κ2) is 2.32. The molecule has 2 rings (SSSR count). The Morgan fingerprint density at radius 3 is 3.00 bits per heavy atom. The predicted octanol–water partition coefficient (Wildman–Crippen LogP) is 1.66. The van der Waals surface area contributed by atoms with Crippen LogP contribution in [0.4, 0.5) is 0 Å². The summed E-state index contributed by atoms with van der Waals surface area (Å²) in [5.41, 5.74) is 1.04. The Kier molecular flexibility index (Phi) is 1.44. The number of fused-ring (bicyclic) bond motifs is 1. The van der Waals surface area contributed by atoms with E-state index in [0.717, 1.165) is 0 Å². The lowest BCUT2D eigenvalue weighted by atomic mass is 10.6. The molecule has 0 saturated heterocycles.